The Morgan fingerprint density at radius 3 is 2.62 bits per heavy atom. The maximum absolute atomic E-state index is 12.3. The number of nitrogens with two attached hydrogens (primary N) is 1. The monoisotopic (exact) mass is 239 g/mol. The molecule has 0 aromatic carbocycles. The number of nitrogens with one attached hydrogen (secondary N) is 1. The van der Waals surface area contributed by atoms with Gasteiger partial charge in [0.05, 0.1) is 0 Å². The van der Waals surface area contributed by atoms with Gasteiger partial charge in [-0.25, -0.2) is 0 Å². The second-order valence-electron chi connectivity index (χ2n) is 5.45. The number of ketones is 1. The fourth-order valence-electron chi connectivity index (χ4n) is 3.07. The summed E-state index contributed by atoms with van der Waals surface area (Å²) in [5.41, 5.74) is 8.19. The van der Waals surface area contributed by atoms with Gasteiger partial charge in [0.2, 0.25) is 0 Å². The number of hydrazone groups is 1. The summed E-state index contributed by atoms with van der Waals surface area (Å²) in [7, 11) is 0. The Kier molecular flexibility index (Phi) is 2.35. The second-order valence-corrected chi connectivity index (χ2v) is 5.89. The van der Waals surface area contributed by atoms with Gasteiger partial charge in [0.1, 0.15) is 5.71 Å². The van der Waals surface area contributed by atoms with E-state index in [1.54, 1.807) is 0 Å². The summed E-state index contributed by atoms with van der Waals surface area (Å²) >= 11 is 4.69. The fraction of sp³-hybridized carbons (Fsp3) is 0.727. The Morgan fingerprint density at radius 1 is 1.56 bits per heavy atom. The number of hydrogen-bond acceptors (Lipinski definition) is 3. The molecule has 2 fully saturated rings. The van der Waals surface area contributed by atoms with Crippen LogP contribution in [-0.2, 0) is 4.79 Å². The van der Waals surface area contributed by atoms with Crippen LogP contribution in [0.1, 0.15) is 33.6 Å². The lowest BCUT2D eigenvalue weighted by molar-refractivity contribution is -0.123. The fourth-order valence-corrected chi connectivity index (χ4v) is 3.12. The molecule has 2 aliphatic carbocycles. The molecule has 0 radical (unpaired) electrons. The van der Waals surface area contributed by atoms with Crippen LogP contribution in [0.3, 0.4) is 0 Å². The van der Waals surface area contributed by atoms with Crippen molar-refractivity contribution in [2.75, 3.05) is 0 Å². The van der Waals surface area contributed by atoms with Crippen molar-refractivity contribution in [3.8, 4) is 0 Å². The third-order valence-electron chi connectivity index (χ3n) is 4.58. The Labute approximate surface area is 101 Å². The van der Waals surface area contributed by atoms with E-state index >= 15 is 0 Å². The average molecular weight is 239 g/mol. The Bertz CT molecular complexity index is 402. The summed E-state index contributed by atoms with van der Waals surface area (Å²) in [5.74, 6) is 0.379. The van der Waals surface area contributed by atoms with Gasteiger partial charge >= 0.3 is 0 Å². The molecule has 5 heteroatoms. The summed E-state index contributed by atoms with van der Waals surface area (Å²) in [6.07, 6.45) is 1.97. The normalized spacial score (nSPS) is 38.1. The molecule has 0 heterocycles. The van der Waals surface area contributed by atoms with Crippen LogP contribution in [0.5, 0.6) is 0 Å². The highest BCUT2D eigenvalue weighted by Crippen LogP contribution is 2.62. The topological polar surface area (TPSA) is 67.5 Å². The lowest BCUT2D eigenvalue weighted by atomic mass is 9.70. The van der Waals surface area contributed by atoms with Crippen LogP contribution in [0, 0.1) is 16.7 Å². The standard InChI is InChI=1S/C11H17N3OS/c1-10(2)6-4-5-11(10,3)8(15)7(6)13-14-9(12)16/h6H,4-5H2,1-3H3,(H3,12,14,16)/b13-7+/t6-,11-/m0/s1. The number of thiocarbonyl (C=S) groups is 1. The van der Waals surface area contributed by atoms with Crippen LogP contribution < -0.4 is 11.2 Å². The minimum absolute atomic E-state index is 0.0131. The van der Waals surface area contributed by atoms with Crippen molar-refractivity contribution in [2.45, 2.75) is 33.6 Å². The van der Waals surface area contributed by atoms with Gasteiger partial charge in [-0.2, -0.15) is 5.10 Å². The highest BCUT2D eigenvalue weighted by molar-refractivity contribution is 7.80. The SMILES string of the molecule is CC1(C)[C@H]2CC[C@@]1(C)C(=O)/C2=N/NC(N)=S. The van der Waals surface area contributed by atoms with Gasteiger partial charge < -0.3 is 5.73 Å². The average Bonchev–Trinajstić information content (AvgIpc) is 2.47. The predicted molar refractivity (Wildman–Crippen MR) is 67.0 cm³/mol. The van der Waals surface area contributed by atoms with E-state index in [2.05, 4.69) is 36.6 Å². The van der Waals surface area contributed by atoms with Crippen LogP contribution in [0.4, 0.5) is 0 Å². The molecule has 2 atom stereocenters. The summed E-state index contributed by atoms with van der Waals surface area (Å²) in [6.45, 7) is 6.33. The molecule has 0 aromatic rings. The zero-order chi connectivity index (χ0) is 12.1. The molecule has 2 saturated carbocycles. The van der Waals surface area contributed by atoms with E-state index in [1.165, 1.54) is 0 Å². The van der Waals surface area contributed by atoms with Gasteiger partial charge in [0, 0.05) is 11.3 Å². The number of carbonyl (C=O) groups is 1. The molecule has 3 N–H and O–H groups in total. The summed E-state index contributed by atoms with van der Waals surface area (Å²) in [5, 5.41) is 4.18. The lowest BCUT2D eigenvalue weighted by Crippen LogP contribution is -2.34. The van der Waals surface area contributed by atoms with Crippen LogP contribution >= 0.6 is 12.2 Å². The lowest BCUT2D eigenvalue weighted by Gasteiger charge is -2.31. The summed E-state index contributed by atoms with van der Waals surface area (Å²) < 4.78 is 0. The molecule has 0 aliphatic heterocycles. The molecule has 4 nitrogen and oxygen atoms in total. The molecule has 88 valence electrons. The van der Waals surface area contributed by atoms with E-state index in [0.717, 1.165) is 12.8 Å². The maximum Gasteiger partial charge on any atom is 0.185 e. The van der Waals surface area contributed by atoms with E-state index in [0.29, 0.717) is 5.71 Å². The number of Topliss-reactive ketones (excluding diaryl/α,β-unsaturated/α-hetero) is 1. The third-order valence-corrected chi connectivity index (χ3v) is 4.67. The minimum Gasteiger partial charge on any atom is -0.375 e. The Hall–Kier alpha value is -0.970. The number of hydrogen-bond donors (Lipinski definition) is 2. The van der Waals surface area contributed by atoms with Crippen LogP contribution in [0.2, 0.25) is 0 Å². The van der Waals surface area contributed by atoms with Crippen LogP contribution in [0.15, 0.2) is 5.10 Å². The van der Waals surface area contributed by atoms with E-state index in [1.807, 2.05) is 6.92 Å². The molecule has 0 aromatic heterocycles. The predicted octanol–water partition coefficient (Wildman–Crippen LogP) is 1.20. The smallest absolute Gasteiger partial charge is 0.185 e. The quantitative estimate of drug-likeness (QED) is 0.533. The maximum atomic E-state index is 12.3. The van der Waals surface area contributed by atoms with Gasteiger partial charge in [-0.1, -0.05) is 20.8 Å². The van der Waals surface area contributed by atoms with E-state index in [4.69, 9.17) is 5.73 Å². The number of nitrogens with zero attached hydrogens (tertiary/aromatic N) is 1. The number of rotatable bonds is 1. The van der Waals surface area contributed by atoms with E-state index in [9.17, 15) is 4.79 Å². The number of carbonyl (C=O) groups excluding carboxylic acids is 1. The van der Waals surface area contributed by atoms with Gasteiger partial charge in [-0.15, -0.1) is 0 Å². The summed E-state index contributed by atoms with van der Waals surface area (Å²) in [6, 6.07) is 0. The highest BCUT2D eigenvalue weighted by Gasteiger charge is 2.65. The van der Waals surface area contributed by atoms with Crippen LogP contribution in [-0.4, -0.2) is 16.6 Å². The number of fused-ring (bicyclic) bond motifs is 2. The van der Waals surface area contributed by atoms with Crippen molar-refractivity contribution in [1.82, 2.24) is 5.43 Å². The molecule has 2 aliphatic rings. The van der Waals surface area contributed by atoms with Gasteiger partial charge in [-0.3, -0.25) is 10.2 Å². The first kappa shape index (κ1) is 11.5. The van der Waals surface area contributed by atoms with Gasteiger partial charge in [0.25, 0.3) is 0 Å². The van der Waals surface area contributed by atoms with Crippen molar-refractivity contribution < 1.29 is 4.79 Å². The van der Waals surface area contributed by atoms with Crippen molar-refractivity contribution in [1.29, 1.82) is 0 Å². The Morgan fingerprint density at radius 2 is 2.19 bits per heavy atom. The molecule has 0 unspecified atom stereocenters. The zero-order valence-electron chi connectivity index (χ0n) is 9.83. The van der Waals surface area contributed by atoms with Crippen molar-refractivity contribution >= 4 is 28.8 Å². The van der Waals surface area contributed by atoms with Crippen molar-refractivity contribution in [3.63, 3.8) is 0 Å². The van der Waals surface area contributed by atoms with Gasteiger partial charge in [0.15, 0.2) is 10.9 Å². The molecule has 2 rings (SSSR count). The van der Waals surface area contributed by atoms with Gasteiger partial charge in [-0.05, 0) is 30.5 Å². The zero-order valence-corrected chi connectivity index (χ0v) is 10.6. The molecule has 2 bridgehead atoms. The molecular weight excluding hydrogens is 222 g/mol. The molecule has 16 heavy (non-hydrogen) atoms. The first-order valence-electron chi connectivity index (χ1n) is 5.48. The van der Waals surface area contributed by atoms with Crippen LogP contribution in [0.25, 0.3) is 0 Å². The minimum atomic E-state index is -0.269. The molecule has 0 spiro atoms. The largest absolute Gasteiger partial charge is 0.375 e. The summed E-state index contributed by atoms with van der Waals surface area (Å²) in [4.78, 5) is 12.3. The molecular formula is C11H17N3OS. The highest BCUT2D eigenvalue weighted by atomic mass is 32.1. The third kappa shape index (κ3) is 1.24. The Balaban J connectivity index is 2.37. The second kappa shape index (κ2) is 3.26. The molecule has 0 saturated heterocycles. The first-order valence-corrected chi connectivity index (χ1v) is 5.89. The molecule has 0 amide bonds. The first-order chi connectivity index (χ1) is 7.30. The van der Waals surface area contributed by atoms with E-state index < -0.39 is 0 Å². The van der Waals surface area contributed by atoms with E-state index in [-0.39, 0.29) is 27.6 Å². The van der Waals surface area contributed by atoms with Crippen molar-refractivity contribution in [2.24, 2.45) is 27.6 Å². The van der Waals surface area contributed by atoms with Crippen molar-refractivity contribution in [3.05, 3.63) is 0 Å².